The van der Waals surface area contributed by atoms with Crippen LogP contribution in [0, 0.1) is 0 Å². The lowest BCUT2D eigenvalue weighted by molar-refractivity contribution is 0.112. The predicted molar refractivity (Wildman–Crippen MR) is 76.1 cm³/mol. The van der Waals surface area contributed by atoms with Crippen molar-refractivity contribution in [2.45, 2.75) is 19.8 Å². The molecule has 0 unspecified atom stereocenters. The van der Waals surface area contributed by atoms with E-state index in [1.165, 1.54) is 11.3 Å². The van der Waals surface area contributed by atoms with Gasteiger partial charge in [0, 0.05) is 12.7 Å². The number of hydrogen-bond acceptors (Lipinski definition) is 4. The predicted octanol–water partition coefficient (Wildman–Crippen LogP) is 3.85. The number of hydrogen-bond donors (Lipinski definition) is 0. The maximum atomic E-state index is 11.1. The second kappa shape index (κ2) is 5.31. The fourth-order valence-electron chi connectivity index (χ4n) is 1.74. The quantitative estimate of drug-likeness (QED) is 0.783. The summed E-state index contributed by atoms with van der Waals surface area (Å²) in [5.41, 5.74) is 1.95. The molecule has 2 rings (SSSR count). The van der Waals surface area contributed by atoms with Gasteiger partial charge in [-0.15, -0.1) is 0 Å². The number of carbonyl (C=O) groups excluding carboxylic acids is 1. The Hall–Kier alpha value is -1.68. The monoisotopic (exact) mass is 260 g/mol. The van der Waals surface area contributed by atoms with Crippen LogP contribution >= 0.6 is 11.3 Å². The Morgan fingerprint density at radius 1 is 1.28 bits per heavy atom. The molecule has 4 heteroatoms. The number of rotatable bonds is 4. The van der Waals surface area contributed by atoms with Crippen molar-refractivity contribution in [1.29, 1.82) is 0 Å². The number of aromatic nitrogens is 1. The topological polar surface area (TPSA) is 33.2 Å². The highest BCUT2D eigenvalue weighted by Crippen LogP contribution is 2.32. The van der Waals surface area contributed by atoms with Crippen molar-refractivity contribution in [2.75, 3.05) is 11.9 Å². The lowest BCUT2D eigenvalue weighted by Crippen LogP contribution is -2.08. The summed E-state index contributed by atoms with van der Waals surface area (Å²) in [6.45, 7) is 4.10. The first-order valence-corrected chi connectivity index (χ1v) is 6.69. The highest BCUT2D eigenvalue weighted by atomic mass is 32.1. The Balaban J connectivity index is 2.37. The number of thiazole rings is 1. The molecule has 1 aromatic carbocycles. The second-order valence-corrected chi connectivity index (χ2v) is 5.42. The molecule has 0 N–H and O–H groups in total. The molecule has 1 aromatic heterocycles. The Morgan fingerprint density at radius 3 is 2.44 bits per heavy atom. The summed E-state index contributed by atoms with van der Waals surface area (Å²) in [4.78, 5) is 18.4. The molecule has 0 amide bonds. The lowest BCUT2D eigenvalue weighted by Gasteiger charge is -2.15. The van der Waals surface area contributed by atoms with Gasteiger partial charge in [0.15, 0.2) is 11.4 Å². The van der Waals surface area contributed by atoms with E-state index in [-0.39, 0.29) is 5.92 Å². The molecule has 0 aliphatic rings. The molecule has 0 atom stereocenters. The van der Waals surface area contributed by atoms with Crippen LogP contribution in [0.25, 0.3) is 0 Å². The summed E-state index contributed by atoms with van der Waals surface area (Å²) in [5, 5.41) is 0.854. The maximum Gasteiger partial charge on any atom is 0.190 e. The summed E-state index contributed by atoms with van der Waals surface area (Å²) in [6, 6.07) is 10.0. The third-order valence-electron chi connectivity index (χ3n) is 2.75. The molecule has 2 aromatic rings. The van der Waals surface area contributed by atoms with Crippen LogP contribution in [0.1, 0.15) is 35.1 Å². The zero-order valence-electron chi connectivity index (χ0n) is 10.8. The van der Waals surface area contributed by atoms with Crippen LogP contribution in [0.15, 0.2) is 30.3 Å². The molecule has 0 bridgehead atoms. The van der Waals surface area contributed by atoms with Gasteiger partial charge in [-0.2, -0.15) is 0 Å². The minimum Gasteiger partial charge on any atom is -0.321 e. The number of para-hydroxylation sites is 1. The standard InChI is InChI=1S/C14H16N2OS/c1-10(2)13-12(9-17)18-14(15-13)16(3)11-7-5-4-6-8-11/h4-10H,1-3H3. The van der Waals surface area contributed by atoms with E-state index in [9.17, 15) is 4.79 Å². The summed E-state index contributed by atoms with van der Waals surface area (Å²) >= 11 is 1.44. The van der Waals surface area contributed by atoms with Crippen LogP contribution < -0.4 is 4.90 Å². The van der Waals surface area contributed by atoms with E-state index in [1.54, 1.807) is 0 Å². The second-order valence-electron chi connectivity index (χ2n) is 4.41. The summed E-state index contributed by atoms with van der Waals surface area (Å²) in [6.07, 6.45) is 0.898. The van der Waals surface area contributed by atoms with Crippen LogP contribution in [0.2, 0.25) is 0 Å². The van der Waals surface area contributed by atoms with Gasteiger partial charge >= 0.3 is 0 Å². The van der Waals surface area contributed by atoms with E-state index in [2.05, 4.69) is 4.98 Å². The molecule has 94 valence electrons. The van der Waals surface area contributed by atoms with Crippen molar-refractivity contribution < 1.29 is 4.79 Å². The number of carbonyl (C=O) groups is 1. The molecule has 0 saturated heterocycles. The van der Waals surface area contributed by atoms with Gasteiger partial charge in [0.25, 0.3) is 0 Å². The zero-order chi connectivity index (χ0) is 13.1. The normalized spacial score (nSPS) is 10.7. The molecular weight excluding hydrogens is 244 g/mol. The minimum absolute atomic E-state index is 0.263. The molecule has 0 spiro atoms. The average Bonchev–Trinajstić information content (AvgIpc) is 2.83. The summed E-state index contributed by atoms with van der Waals surface area (Å²) in [5.74, 6) is 0.263. The molecule has 1 heterocycles. The molecule has 0 fully saturated rings. The van der Waals surface area contributed by atoms with E-state index in [0.717, 1.165) is 27.7 Å². The van der Waals surface area contributed by atoms with E-state index in [0.29, 0.717) is 0 Å². The number of aldehydes is 1. The molecule has 0 aliphatic carbocycles. The fourth-order valence-corrected chi connectivity index (χ4v) is 2.75. The van der Waals surface area contributed by atoms with E-state index in [4.69, 9.17) is 0 Å². The van der Waals surface area contributed by atoms with Crippen LogP contribution in [0.4, 0.5) is 10.8 Å². The van der Waals surface area contributed by atoms with Crippen LogP contribution in [-0.4, -0.2) is 18.3 Å². The number of nitrogens with zero attached hydrogens (tertiary/aromatic N) is 2. The molecule has 0 saturated carbocycles. The minimum atomic E-state index is 0.263. The Bertz CT molecular complexity index is 534. The van der Waals surface area contributed by atoms with Gasteiger partial charge in [0.1, 0.15) is 0 Å². The molecule has 0 radical (unpaired) electrons. The average molecular weight is 260 g/mol. The van der Waals surface area contributed by atoms with Gasteiger partial charge in [-0.1, -0.05) is 43.4 Å². The Labute approximate surface area is 111 Å². The first kappa shape index (κ1) is 12.8. The Morgan fingerprint density at radius 2 is 1.94 bits per heavy atom. The fraction of sp³-hybridized carbons (Fsp3) is 0.286. The summed E-state index contributed by atoms with van der Waals surface area (Å²) in [7, 11) is 1.97. The smallest absolute Gasteiger partial charge is 0.190 e. The van der Waals surface area contributed by atoms with Crippen molar-refractivity contribution in [2.24, 2.45) is 0 Å². The molecule has 0 aliphatic heterocycles. The van der Waals surface area contributed by atoms with Crippen molar-refractivity contribution in [3.05, 3.63) is 40.9 Å². The van der Waals surface area contributed by atoms with Crippen molar-refractivity contribution in [3.8, 4) is 0 Å². The van der Waals surface area contributed by atoms with Gasteiger partial charge in [0.05, 0.1) is 10.6 Å². The van der Waals surface area contributed by atoms with E-state index >= 15 is 0 Å². The van der Waals surface area contributed by atoms with E-state index in [1.807, 2.05) is 56.1 Å². The molecular formula is C14H16N2OS. The zero-order valence-corrected chi connectivity index (χ0v) is 11.6. The van der Waals surface area contributed by atoms with Gasteiger partial charge in [-0.3, -0.25) is 4.79 Å². The highest BCUT2D eigenvalue weighted by Gasteiger charge is 2.16. The van der Waals surface area contributed by atoms with Gasteiger partial charge in [-0.05, 0) is 18.1 Å². The highest BCUT2D eigenvalue weighted by molar-refractivity contribution is 7.17. The molecule has 3 nitrogen and oxygen atoms in total. The maximum absolute atomic E-state index is 11.1. The largest absolute Gasteiger partial charge is 0.321 e. The van der Waals surface area contributed by atoms with Crippen molar-refractivity contribution >= 4 is 28.4 Å². The van der Waals surface area contributed by atoms with Crippen LogP contribution in [-0.2, 0) is 0 Å². The third-order valence-corrected chi connectivity index (χ3v) is 3.83. The van der Waals surface area contributed by atoms with Crippen molar-refractivity contribution in [3.63, 3.8) is 0 Å². The SMILES string of the molecule is CC(C)c1nc(N(C)c2ccccc2)sc1C=O. The van der Waals surface area contributed by atoms with Gasteiger partial charge in [0.2, 0.25) is 0 Å². The third kappa shape index (κ3) is 2.43. The van der Waals surface area contributed by atoms with Gasteiger partial charge < -0.3 is 4.90 Å². The van der Waals surface area contributed by atoms with Crippen molar-refractivity contribution in [1.82, 2.24) is 4.98 Å². The van der Waals surface area contributed by atoms with Crippen LogP contribution in [0.5, 0.6) is 0 Å². The summed E-state index contributed by atoms with van der Waals surface area (Å²) < 4.78 is 0. The molecule has 18 heavy (non-hydrogen) atoms. The number of benzene rings is 1. The van der Waals surface area contributed by atoms with E-state index < -0.39 is 0 Å². The first-order chi connectivity index (χ1) is 8.63. The van der Waals surface area contributed by atoms with Gasteiger partial charge in [-0.25, -0.2) is 4.98 Å². The first-order valence-electron chi connectivity index (χ1n) is 5.88. The lowest BCUT2D eigenvalue weighted by atomic mass is 10.1. The Kier molecular flexibility index (Phi) is 3.77. The van der Waals surface area contributed by atoms with Crippen LogP contribution in [0.3, 0.4) is 0 Å². The number of anilines is 2.